The predicted octanol–water partition coefficient (Wildman–Crippen LogP) is 3.90. The minimum absolute atomic E-state index is 0.0132. The summed E-state index contributed by atoms with van der Waals surface area (Å²) in [4.78, 5) is 37.9. The number of carbonyl (C=O) groups is 2. The molecular weight excluding hydrogens is 434 g/mol. The van der Waals surface area contributed by atoms with Crippen LogP contribution in [0.1, 0.15) is 54.0 Å². The van der Waals surface area contributed by atoms with Gasteiger partial charge in [-0.25, -0.2) is 9.78 Å². The molecule has 1 aliphatic carbocycles. The number of benzene rings is 1. The molecule has 12 heteroatoms. The molecular formula is C21H21N5O7. The molecule has 1 fully saturated rings. The predicted molar refractivity (Wildman–Crippen MR) is 113 cm³/mol. The summed E-state index contributed by atoms with van der Waals surface area (Å²) < 4.78 is 10.1. The molecule has 1 aliphatic rings. The van der Waals surface area contributed by atoms with E-state index in [1.54, 1.807) is 19.2 Å². The monoisotopic (exact) mass is 455 g/mol. The third-order valence-electron chi connectivity index (χ3n) is 5.56. The highest BCUT2D eigenvalue weighted by Crippen LogP contribution is 2.46. The Balaban J connectivity index is 1.43. The average Bonchev–Trinajstić information content (AvgIpc) is 3.49. The van der Waals surface area contributed by atoms with Crippen molar-refractivity contribution < 1.29 is 28.8 Å². The van der Waals surface area contributed by atoms with Crippen LogP contribution in [-0.4, -0.2) is 37.3 Å². The lowest BCUT2D eigenvalue weighted by Gasteiger charge is -2.14. The Morgan fingerprint density at radius 3 is 2.82 bits per heavy atom. The first kappa shape index (κ1) is 22.0. The van der Waals surface area contributed by atoms with Gasteiger partial charge in [0.1, 0.15) is 17.9 Å². The van der Waals surface area contributed by atoms with Gasteiger partial charge in [0.2, 0.25) is 11.8 Å². The van der Waals surface area contributed by atoms with E-state index in [-0.39, 0.29) is 35.6 Å². The van der Waals surface area contributed by atoms with E-state index in [0.29, 0.717) is 35.9 Å². The molecule has 3 aromatic rings. The average molecular weight is 455 g/mol. The SMILES string of the molecule is Cc1cnc(CC(=O)Nc2cc([C@H]3CC[C@@H](c4cc([N+](=O)[O-])ccc4OC(=O)O)C3)[nH]n2)o1. The third-order valence-corrected chi connectivity index (χ3v) is 5.56. The second-order valence-corrected chi connectivity index (χ2v) is 7.85. The summed E-state index contributed by atoms with van der Waals surface area (Å²) in [7, 11) is 0. The topological polar surface area (TPSA) is 173 Å². The van der Waals surface area contributed by atoms with Crippen molar-refractivity contribution in [2.24, 2.45) is 0 Å². The number of anilines is 1. The van der Waals surface area contributed by atoms with E-state index in [9.17, 15) is 19.7 Å². The van der Waals surface area contributed by atoms with E-state index in [1.165, 1.54) is 18.2 Å². The van der Waals surface area contributed by atoms with Crippen molar-refractivity contribution in [3.8, 4) is 5.75 Å². The third kappa shape index (κ3) is 5.17. The molecule has 0 radical (unpaired) electrons. The fraction of sp³-hybridized carbons (Fsp3) is 0.333. The van der Waals surface area contributed by atoms with Crippen molar-refractivity contribution in [3.05, 3.63) is 63.5 Å². The molecule has 0 spiro atoms. The lowest BCUT2D eigenvalue weighted by molar-refractivity contribution is -0.385. The number of hydrogen-bond donors (Lipinski definition) is 3. The number of ether oxygens (including phenoxy) is 1. The van der Waals surface area contributed by atoms with Gasteiger partial charge in [0.25, 0.3) is 5.69 Å². The molecule has 2 atom stereocenters. The van der Waals surface area contributed by atoms with Gasteiger partial charge in [0, 0.05) is 35.4 Å². The number of hydrogen-bond acceptors (Lipinski definition) is 8. The molecule has 1 saturated carbocycles. The lowest BCUT2D eigenvalue weighted by Crippen LogP contribution is -2.14. The van der Waals surface area contributed by atoms with Crippen LogP contribution in [0.5, 0.6) is 5.75 Å². The molecule has 12 nitrogen and oxygen atoms in total. The van der Waals surface area contributed by atoms with E-state index < -0.39 is 11.1 Å². The normalized spacial score (nSPS) is 17.6. The van der Waals surface area contributed by atoms with Crippen molar-refractivity contribution in [2.75, 3.05) is 5.32 Å². The van der Waals surface area contributed by atoms with Gasteiger partial charge in [0.05, 0.1) is 11.1 Å². The summed E-state index contributed by atoms with van der Waals surface area (Å²) in [5, 5.41) is 30.0. The molecule has 2 aromatic heterocycles. The maximum atomic E-state index is 12.2. The van der Waals surface area contributed by atoms with Crippen LogP contribution >= 0.6 is 0 Å². The summed E-state index contributed by atoms with van der Waals surface area (Å²) in [5.41, 5.74) is 1.17. The lowest BCUT2D eigenvalue weighted by atomic mass is 9.94. The number of nitrogens with one attached hydrogen (secondary N) is 2. The van der Waals surface area contributed by atoms with Crippen molar-refractivity contribution in [1.29, 1.82) is 0 Å². The van der Waals surface area contributed by atoms with Crippen LogP contribution in [0.25, 0.3) is 0 Å². The molecule has 0 aliphatic heterocycles. The Hall–Kier alpha value is -4.22. The van der Waals surface area contributed by atoms with Crippen molar-refractivity contribution in [3.63, 3.8) is 0 Å². The second-order valence-electron chi connectivity index (χ2n) is 7.85. The Morgan fingerprint density at radius 1 is 1.33 bits per heavy atom. The van der Waals surface area contributed by atoms with Crippen molar-refractivity contribution in [2.45, 2.75) is 44.4 Å². The maximum absolute atomic E-state index is 12.2. The summed E-state index contributed by atoms with van der Waals surface area (Å²) in [5.74, 6) is 1.02. The number of oxazole rings is 1. The Morgan fingerprint density at radius 2 is 2.12 bits per heavy atom. The van der Waals surface area contributed by atoms with Crippen LogP contribution in [0.4, 0.5) is 16.3 Å². The summed E-state index contributed by atoms with van der Waals surface area (Å²) in [6, 6.07) is 5.65. The number of rotatable bonds is 7. The molecule has 0 saturated heterocycles. The highest BCUT2D eigenvalue weighted by atomic mass is 16.7. The van der Waals surface area contributed by atoms with Crippen LogP contribution in [0, 0.1) is 17.0 Å². The number of aromatic amines is 1. The maximum Gasteiger partial charge on any atom is 0.511 e. The first-order valence-electron chi connectivity index (χ1n) is 10.2. The Kier molecular flexibility index (Phi) is 6.07. The molecule has 2 heterocycles. The molecule has 172 valence electrons. The smallest absolute Gasteiger partial charge is 0.449 e. The van der Waals surface area contributed by atoms with E-state index in [4.69, 9.17) is 14.3 Å². The van der Waals surface area contributed by atoms with E-state index in [2.05, 4.69) is 20.5 Å². The van der Waals surface area contributed by atoms with E-state index in [1.807, 2.05) is 0 Å². The largest absolute Gasteiger partial charge is 0.511 e. The summed E-state index contributed by atoms with van der Waals surface area (Å²) >= 11 is 0. The second kappa shape index (κ2) is 9.10. The summed E-state index contributed by atoms with van der Waals surface area (Å²) in [6.07, 6.45) is 2.11. The van der Waals surface area contributed by atoms with Gasteiger partial charge >= 0.3 is 6.16 Å². The van der Waals surface area contributed by atoms with Gasteiger partial charge in [0.15, 0.2) is 5.82 Å². The van der Waals surface area contributed by atoms with Crippen molar-refractivity contribution in [1.82, 2.24) is 15.2 Å². The number of carbonyl (C=O) groups excluding carboxylic acids is 1. The number of nitro benzene ring substituents is 1. The zero-order chi connectivity index (χ0) is 23.5. The van der Waals surface area contributed by atoms with Crippen LogP contribution in [0.2, 0.25) is 0 Å². The number of H-pyrrole nitrogens is 1. The molecule has 1 amide bonds. The standard InChI is InChI=1S/C21H21N5O7/c1-11-10-22-20(32-11)9-19(27)23-18-8-16(24-25-18)13-3-2-12(6-13)15-7-14(26(30)31)4-5-17(15)33-21(28)29/h4-5,7-8,10,12-13H,2-3,6,9H2,1H3,(H,28,29)(H2,23,24,25,27)/t12-,13+/m1/s1. The van der Waals surface area contributed by atoms with E-state index in [0.717, 1.165) is 12.1 Å². The van der Waals surface area contributed by atoms with Crippen molar-refractivity contribution >= 4 is 23.6 Å². The fourth-order valence-corrected chi connectivity index (χ4v) is 4.12. The van der Waals surface area contributed by atoms with Crippen LogP contribution in [0.3, 0.4) is 0 Å². The minimum atomic E-state index is -1.48. The number of aryl methyl sites for hydroxylation is 1. The number of non-ortho nitro benzene ring substituents is 1. The zero-order valence-corrected chi connectivity index (χ0v) is 17.6. The number of carboxylic acid groups (broad SMARTS) is 1. The quantitative estimate of drug-likeness (QED) is 0.206. The van der Waals surface area contributed by atoms with Gasteiger partial charge in [-0.3, -0.25) is 20.0 Å². The number of aromatic nitrogens is 3. The van der Waals surface area contributed by atoms with Gasteiger partial charge in [-0.2, -0.15) is 5.10 Å². The van der Waals surface area contributed by atoms with Gasteiger partial charge < -0.3 is 19.6 Å². The highest BCUT2D eigenvalue weighted by Gasteiger charge is 2.31. The molecule has 33 heavy (non-hydrogen) atoms. The fourth-order valence-electron chi connectivity index (χ4n) is 4.12. The van der Waals surface area contributed by atoms with Gasteiger partial charge in [-0.1, -0.05) is 0 Å². The number of nitrogens with zero attached hydrogens (tertiary/aromatic N) is 3. The summed E-state index contributed by atoms with van der Waals surface area (Å²) in [6.45, 7) is 1.74. The van der Waals surface area contributed by atoms with E-state index >= 15 is 0 Å². The minimum Gasteiger partial charge on any atom is -0.449 e. The molecule has 1 aromatic carbocycles. The van der Waals surface area contributed by atoms with Gasteiger partial charge in [-0.05, 0) is 38.2 Å². The Labute approximate surface area is 187 Å². The number of nitro groups is 1. The molecule has 3 N–H and O–H groups in total. The molecule has 0 bridgehead atoms. The Bertz CT molecular complexity index is 1200. The van der Waals surface area contributed by atoms with Crippen LogP contribution in [0.15, 0.2) is 34.9 Å². The van der Waals surface area contributed by atoms with Gasteiger partial charge in [-0.15, -0.1) is 0 Å². The number of amides is 1. The first-order valence-corrected chi connectivity index (χ1v) is 10.2. The van der Waals surface area contributed by atoms with Crippen LogP contribution in [-0.2, 0) is 11.2 Å². The first-order chi connectivity index (χ1) is 15.8. The van der Waals surface area contributed by atoms with Crippen LogP contribution < -0.4 is 10.1 Å². The molecule has 4 rings (SSSR count). The molecule has 0 unspecified atom stereocenters. The highest BCUT2D eigenvalue weighted by molar-refractivity contribution is 5.90. The zero-order valence-electron chi connectivity index (χ0n) is 17.6.